The number of carbonyl (C=O) groups excluding carboxylic acids is 1. The third-order valence-electron chi connectivity index (χ3n) is 3.55. The number of amides is 1. The van der Waals surface area contributed by atoms with Crippen molar-refractivity contribution in [1.82, 2.24) is 9.55 Å². The van der Waals surface area contributed by atoms with E-state index < -0.39 is 5.25 Å². The molecule has 0 spiro atoms. The SMILES string of the molecule is C=CCn1c(SC(C)C(=O)Nc2ccccc2)nc2sccc2c1=O. The molecule has 3 rings (SSSR count). The first-order valence-electron chi connectivity index (χ1n) is 7.71. The number of thiophene rings is 1. The fourth-order valence-corrected chi connectivity index (χ4v) is 4.01. The normalized spacial score (nSPS) is 12.0. The summed E-state index contributed by atoms with van der Waals surface area (Å²) in [6.07, 6.45) is 1.65. The number of thioether (sulfide) groups is 1. The van der Waals surface area contributed by atoms with Crippen LogP contribution in [-0.2, 0) is 11.3 Å². The molecule has 0 bridgehead atoms. The summed E-state index contributed by atoms with van der Waals surface area (Å²) in [5.74, 6) is -0.137. The van der Waals surface area contributed by atoms with Crippen LogP contribution in [0.5, 0.6) is 0 Å². The molecule has 0 fully saturated rings. The van der Waals surface area contributed by atoms with Gasteiger partial charge in [0.2, 0.25) is 5.91 Å². The van der Waals surface area contributed by atoms with Gasteiger partial charge < -0.3 is 5.32 Å². The highest BCUT2D eigenvalue weighted by Gasteiger charge is 2.19. The summed E-state index contributed by atoms with van der Waals surface area (Å²) in [5, 5.41) is 5.43. The summed E-state index contributed by atoms with van der Waals surface area (Å²) < 4.78 is 1.55. The lowest BCUT2D eigenvalue weighted by Crippen LogP contribution is -2.26. The van der Waals surface area contributed by atoms with Crippen LogP contribution in [0, 0.1) is 0 Å². The van der Waals surface area contributed by atoms with Gasteiger partial charge in [-0.2, -0.15) is 0 Å². The third kappa shape index (κ3) is 3.83. The lowest BCUT2D eigenvalue weighted by Gasteiger charge is -2.14. The number of allylic oxidation sites excluding steroid dienone is 1. The first kappa shape index (κ1) is 17.4. The number of benzene rings is 1. The second-order valence-corrected chi connectivity index (χ2v) is 7.56. The van der Waals surface area contributed by atoms with Gasteiger partial charge in [-0.3, -0.25) is 14.2 Å². The van der Waals surface area contributed by atoms with E-state index in [9.17, 15) is 9.59 Å². The minimum Gasteiger partial charge on any atom is -0.325 e. The summed E-state index contributed by atoms with van der Waals surface area (Å²) in [6, 6.07) is 11.1. The number of rotatable bonds is 6. The Morgan fingerprint density at radius 2 is 2.16 bits per heavy atom. The Labute approximate surface area is 153 Å². The third-order valence-corrected chi connectivity index (χ3v) is 5.45. The van der Waals surface area contributed by atoms with Crippen LogP contribution in [0.1, 0.15) is 6.92 Å². The molecule has 1 aromatic carbocycles. The topological polar surface area (TPSA) is 64.0 Å². The molecule has 0 aliphatic rings. The highest BCUT2D eigenvalue weighted by Crippen LogP contribution is 2.25. The van der Waals surface area contributed by atoms with Crippen LogP contribution in [0.15, 0.2) is 64.4 Å². The summed E-state index contributed by atoms with van der Waals surface area (Å²) in [7, 11) is 0. The first-order valence-corrected chi connectivity index (χ1v) is 9.47. The molecule has 1 unspecified atom stereocenters. The standard InChI is InChI=1S/C18H17N3O2S2/c1-3-10-21-17(23)14-9-11-24-16(14)20-18(21)25-12(2)15(22)19-13-7-5-4-6-8-13/h3-9,11-12H,1,10H2,2H3,(H,19,22). The fraction of sp³-hybridized carbons (Fsp3) is 0.167. The number of fused-ring (bicyclic) bond motifs is 1. The lowest BCUT2D eigenvalue weighted by molar-refractivity contribution is -0.115. The maximum absolute atomic E-state index is 12.6. The number of nitrogens with one attached hydrogen (secondary N) is 1. The van der Waals surface area contributed by atoms with Crippen molar-refractivity contribution in [3.8, 4) is 0 Å². The Bertz CT molecular complexity index is 963. The van der Waals surface area contributed by atoms with E-state index in [0.717, 1.165) is 5.69 Å². The van der Waals surface area contributed by atoms with Crippen LogP contribution in [-0.4, -0.2) is 20.7 Å². The Kier molecular flexibility index (Phi) is 5.35. The number of hydrogen-bond donors (Lipinski definition) is 1. The molecule has 0 aliphatic carbocycles. The Hall–Kier alpha value is -2.38. The summed E-state index contributed by atoms with van der Waals surface area (Å²) in [4.78, 5) is 30.3. The van der Waals surface area contributed by atoms with Crippen LogP contribution < -0.4 is 10.9 Å². The van der Waals surface area contributed by atoms with Gasteiger partial charge in [0.05, 0.1) is 10.6 Å². The van der Waals surface area contributed by atoms with Gasteiger partial charge in [0, 0.05) is 12.2 Å². The van der Waals surface area contributed by atoms with Gasteiger partial charge in [-0.25, -0.2) is 4.98 Å². The van der Waals surface area contributed by atoms with Crippen molar-refractivity contribution in [2.45, 2.75) is 23.9 Å². The van der Waals surface area contributed by atoms with Gasteiger partial charge in [-0.05, 0) is 30.5 Å². The zero-order valence-corrected chi connectivity index (χ0v) is 15.3. The molecule has 1 N–H and O–H groups in total. The van der Waals surface area contributed by atoms with Crippen molar-refractivity contribution in [3.05, 3.63) is 64.8 Å². The number of nitrogens with zero attached hydrogens (tertiary/aromatic N) is 2. The summed E-state index contributed by atoms with van der Waals surface area (Å²) >= 11 is 2.68. The molecular formula is C18H17N3O2S2. The zero-order chi connectivity index (χ0) is 17.8. The predicted octanol–water partition coefficient (Wildman–Crippen LogP) is 3.76. The van der Waals surface area contributed by atoms with Crippen LogP contribution in [0.2, 0.25) is 0 Å². The average molecular weight is 371 g/mol. The van der Waals surface area contributed by atoms with Crippen LogP contribution in [0.4, 0.5) is 5.69 Å². The molecule has 25 heavy (non-hydrogen) atoms. The molecule has 1 atom stereocenters. The van der Waals surface area contributed by atoms with E-state index in [-0.39, 0.29) is 11.5 Å². The maximum Gasteiger partial charge on any atom is 0.263 e. The van der Waals surface area contributed by atoms with Crippen molar-refractivity contribution >= 4 is 44.9 Å². The minimum atomic E-state index is -0.402. The van der Waals surface area contributed by atoms with E-state index in [1.165, 1.54) is 23.1 Å². The molecule has 128 valence electrons. The Morgan fingerprint density at radius 1 is 1.40 bits per heavy atom. The molecule has 1 amide bonds. The Morgan fingerprint density at radius 3 is 2.88 bits per heavy atom. The number of carbonyl (C=O) groups is 1. The molecule has 2 heterocycles. The molecular weight excluding hydrogens is 354 g/mol. The zero-order valence-electron chi connectivity index (χ0n) is 13.6. The van der Waals surface area contributed by atoms with Crippen LogP contribution >= 0.6 is 23.1 Å². The first-order chi connectivity index (χ1) is 12.1. The Balaban J connectivity index is 1.86. The van der Waals surface area contributed by atoms with Crippen LogP contribution in [0.3, 0.4) is 0 Å². The largest absolute Gasteiger partial charge is 0.325 e. The molecule has 7 heteroatoms. The van der Waals surface area contributed by atoms with Crippen molar-refractivity contribution in [1.29, 1.82) is 0 Å². The van der Waals surface area contributed by atoms with Gasteiger partial charge in [-0.15, -0.1) is 17.9 Å². The average Bonchev–Trinajstić information content (AvgIpc) is 3.08. The molecule has 5 nitrogen and oxygen atoms in total. The molecule has 0 saturated heterocycles. The molecule has 2 aromatic heterocycles. The summed E-state index contributed by atoms with van der Waals surface area (Å²) in [6.45, 7) is 5.85. The number of hydrogen-bond acceptors (Lipinski definition) is 5. The lowest BCUT2D eigenvalue weighted by atomic mass is 10.3. The van der Waals surface area contributed by atoms with E-state index in [4.69, 9.17) is 0 Å². The number of anilines is 1. The van der Waals surface area contributed by atoms with Crippen molar-refractivity contribution < 1.29 is 4.79 Å². The number of aromatic nitrogens is 2. The molecule has 3 aromatic rings. The minimum absolute atomic E-state index is 0.107. The van der Waals surface area contributed by atoms with Crippen molar-refractivity contribution in [3.63, 3.8) is 0 Å². The fourth-order valence-electron chi connectivity index (χ4n) is 2.29. The van der Waals surface area contributed by atoms with E-state index >= 15 is 0 Å². The second-order valence-electron chi connectivity index (χ2n) is 5.35. The summed E-state index contributed by atoms with van der Waals surface area (Å²) in [5.41, 5.74) is 0.634. The molecule has 0 aliphatic heterocycles. The number of para-hydroxylation sites is 1. The smallest absolute Gasteiger partial charge is 0.263 e. The van der Waals surface area contributed by atoms with E-state index in [2.05, 4.69) is 16.9 Å². The van der Waals surface area contributed by atoms with E-state index in [0.29, 0.717) is 21.9 Å². The predicted molar refractivity (Wildman–Crippen MR) is 104 cm³/mol. The second kappa shape index (κ2) is 7.67. The van der Waals surface area contributed by atoms with Gasteiger partial charge >= 0.3 is 0 Å². The maximum atomic E-state index is 12.6. The monoisotopic (exact) mass is 371 g/mol. The van der Waals surface area contributed by atoms with Crippen LogP contribution in [0.25, 0.3) is 10.2 Å². The van der Waals surface area contributed by atoms with E-state index in [1.54, 1.807) is 23.6 Å². The van der Waals surface area contributed by atoms with Gasteiger partial charge in [0.15, 0.2) is 5.16 Å². The molecule has 0 radical (unpaired) electrons. The van der Waals surface area contributed by atoms with Gasteiger partial charge in [-0.1, -0.05) is 36.0 Å². The quantitative estimate of drug-likeness (QED) is 0.407. The van der Waals surface area contributed by atoms with Crippen molar-refractivity contribution in [2.24, 2.45) is 0 Å². The van der Waals surface area contributed by atoms with Gasteiger partial charge in [0.1, 0.15) is 4.83 Å². The molecule has 0 saturated carbocycles. The highest BCUT2D eigenvalue weighted by molar-refractivity contribution is 8.00. The van der Waals surface area contributed by atoms with E-state index in [1.807, 2.05) is 35.7 Å². The van der Waals surface area contributed by atoms with Crippen molar-refractivity contribution in [2.75, 3.05) is 5.32 Å². The van der Waals surface area contributed by atoms with Gasteiger partial charge in [0.25, 0.3) is 5.56 Å². The highest BCUT2D eigenvalue weighted by atomic mass is 32.2.